The molecule has 1 fully saturated rings. The number of urea groups is 1. The van der Waals surface area contributed by atoms with Crippen LogP contribution in [-0.4, -0.2) is 55.8 Å². The van der Waals surface area contributed by atoms with Crippen LogP contribution in [0.5, 0.6) is 0 Å². The van der Waals surface area contributed by atoms with Crippen LogP contribution in [0.4, 0.5) is 10.6 Å². The molecule has 0 bridgehead atoms. The molecule has 2 heterocycles. The van der Waals surface area contributed by atoms with Crippen LogP contribution < -0.4 is 10.2 Å². The van der Waals surface area contributed by atoms with Gasteiger partial charge in [0, 0.05) is 33.4 Å². The van der Waals surface area contributed by atoms with Crippen molar-refractivity contribution in [3.05, 3.63) is 23.9 Å². The molecule has 0 unspecified atom stereocenters. The van der Waals surface area contributed by atoms with Gasteiger partial charge in [0.1, 0.15) is 5.82 Å². The van der Waals surface area contributed by atoms with Crippen molar-refractivity contribution in [1.82, 2.24) is 15.2 Å². The molecule has 1 aliphatic rings. The summed E-state index contributed by atoms with van der Waals surface area (Å²) in [4.78, 5) is 20.1. The Morgan fingerprint density at radius 2 is 2.40 bits per heavy atom. The van der Waals surface area contributed by atoms with Crippen LogP contribution in [0.3, 0.4) is 0 Å². The van der Waals surface area contributed by atoms with Crippen LogP contribution >= 0.6 is 0 Å². The molecule has 1 N–H and O–H groups in total. The van der Waals surface area contributed by atoms with Crippen molar-refractivity contribution < 1.29 is 9.53 Å². The van der Waals surface area contributed by atoms with Crippen molar-refractivity contribution in [3.8, 4) is 0 Å². The van der Waals surface area contributed by atoms with E-state index in [1.807, 2.05) is 43.0 Å². The number of carbonyl (C=O) groups excluding carboxylic acids is 1. The first-order valence-electron chi connectivity index (χ1n) is 6.82. The molecule has 0 saturated carbocycles. The zero-order valence-electron chi connectivity index (χ0n) is 12.3. The highest BCUT2D eigenvalue weighted by molar-refractivity contribution is 5.74. The Morgan fingerprint density at radius 3 is 3.10 bits per heavy atom. The Labute approximate surface area is 119 Å². The quantitative estimate of drug-likeness (QED) is 0.899. The van der Waals surface area contributed by atoms with Crippen LogP contribution in [0.15, 0.2) is 18.3 Å². The Bertz CT molecular complexity index is 464. The highest BCUT2D eigenvalue weighted by atomic mass is 16.5. The van der Waals surface area contributed by atoms with Crippen LogP contribution in [-0.2, 0) is 11.3 Å². The molecule has 20 heavy (non-hydrogen) atoms. The van der Waals surface area contributed by atoms with Crippen molar-refractivity contribution >= 4 is 11.8 Å². The Hall–Kier alpha value is -1.82. The summed E-state index contributed by atoms with van der Waals surface area (Å²) >= 11 is 0. The summed E-state index contributed by atoms with van der Waals surface area (Å²) in [5, 5.41) is 2.95. The molecule has 2 amide bonds. The lowest BCUT2D eigenvalue weighted by Crippen LogP contribution is -2.51. The summed E-state index contributed by atoms with van der Waals surface area (Å²) in [5.41, 5.74) is 1.04. The Kier molecular flexibility index (Phi) is 4.79. The van der Waals surface area contributed by atoms with Gasteiger partial charge >= 0.3 is 6.03 Å². The smallest absolute Gasteiger partial charge is 0.318 e. The fourth-order valence-corrected chi connectivity index (χ4v) is 2.12. The third-order valence-electron chi connectivity index (χ3n) is 3.34. The van der Waals surface area contributed by atoms with Gasteiger partial charge in [-0.15, -0.1) is 0 Å². The topological polar surface area (TPSA) is 57.7 Å². The normalized spacial score (nSPS) is 18.8. The van der Waals surface area contributed by atoms with E-state index in [1.54, 1.807) is 6.20 Å². The van der Waals surface area contributed by atoms with E-state index >= 15 is 0 Å². The monoisotopic (exact) mass is 278 g/mol. The molecule has 0 spiro atoms. The van der Waals surface area contributed by atoms with Gasteiger partial charge < -0.3 is 19.9 Å². The number of anilines is 1. The van der Waals surface area contributed by atoms with Crippen LogP contribution in [0, 0.1) is 0 Å². The largest absolute Gasteiger partial charge is 0.377 e. The second kappa shape index (κ2) is 6.56. The molecule has 1 aromatic rings. The highest BCUT2D eigenvalue weighted by Crippen LogP contribution is 2.10. The van der Waals surface area contributed by atoms with Gasteiger partial charge in [-0.25, -0.2) is 9.78 Å². The van der Waals surface area contributed by atoms with Gasteiger partial charge in [-0.05, 0) is 24.6 Å². The number of rotatable bonds is 3. The second-order valence-electron chi connectivity index (χ2n) is 5.19. The Morgan fingerprint density at radius 1 is 1.60 bits per heavy atom. The molecule has 0 aliphatic carbocycles. The predicted octanol–water partition coefficient (Wildman–Crippen LogP) is 1.08. The maximum atomic E-state index is 12.1. The molecule has 1 atom stereocenters. The summed E-state index contributed by atoms with van der Waals surface area (Å²) in [5.74, 6) is 0.886. The minimum Gasteiger partial charge on any atom is -0.377 e. The lowest BCUT2D eigenvalue weighted by Gasteiger charge is -2.33. The summed E-state index contributed by atoms with van der Waals surface area (Å²) in [6, 6.07) is 3.97. The highest BCUT2D eigenvalue weighted by Gasteiger charge is 2.23. The van der Waals surface area contributed by atoms with E-state index in [1.165, 1.54) is 0 Å². The van der Waals surface area contributed by atoms with Gasteiger partial charge in [-0.1, -0.05) is 0 Å². The molecule has 110 valence electrons. The van der Waals surface area contributed by atoms with E-state index in [-0.39, 0.29) is 12.1 Å². The maximum Gasteiger partial charge on any atom is 0.318 e. The number of hydrogen-bond acceptors (Lipinski definition) is 4. The maximum absolute atomic E-state index is 12.1. The lowest BCUT2D eigenvalue weighted by atomic mass is 10.2. The van der Waals surface area contributed by atoms with E-state index in [0.717, 1.165) is 11.4 Å². The predicted molar refractivity (Wildman–Crippen MR) is 77.8 cm³/mol. The third kappa shape index (κ3) is 3.60. The minimum atomic E-state index is -0.0379. The van der Waals surface area contributed by atoms with Crippen LogP contribution in [0.25, 0.3) is 0 Å². The number of nitrogens with one attached hydrogen (secondary N) is 1. The first-order valence-corrected chi connectivity index (χ1v) is 6.82. The average molecular weight is 278 g/mol. The number of ether oxygens (including phenoxy) is 1. The molecule has 6 heteroatoms. The van der Waals surface area contributed by atoms with Gasteiger partial charge in [-0.3, -0.25) is 0 Å². The lowest BCUT2D eigenvalue weighted by molar-refractivity contribution is 0.0190. The average Bonchev–Trinajstić information content (AvgIpc) is 2.45. The van der Waals surface area contributed by atoms with E-state index in [9.17, 15) is 4.79 Å². The third-order valence-corrected chi connectivity index (χ3v) is 3.34. The molecule has 1 aromatic heterocycles. The van der Waals surface area contributed by atoms with Gasteiger partial charge in [-0.2, -0.15) is 0 Å². The van der Waals surface area contributed by atoms with E-state index in [2.05, 4.69) is 10.3 Å². The minimum absolute atomic E-state index is 0.0379. The number of amides is 2. The first kappa shape index (κ1) is 14.6. The number of morpholine rings is 1. The van der Waals surface area contributed by atoms with E-state index in [4.69, 9.17) is 4.74 Å². The summed E-state index contributed by atoms with van der Waals surface area (Å²) in [7, 11) is 3.89. The molecule has 1 aliphatic heterocycles. The van der Waals surface area contributed by atoms with Gasteiger partial charge in [0.15, 0.2) is 0 Å². The second-order valence-corrected chi connectivity index (χ2v) is 5.19. The van der Waals surface area contributed by atoms with E-state index in [0.29, 0.717) is 26.3 Å². The van der Waals surface area contributed by atoms with Crippen molar-refractivity contribution in [2.24, 2.45) is 0 Å². The Balaban J connectivity index is 1.91. The molecule has 1 saturated heterocycles. The molecule has 0 radical (unpaired) electrons. The SMILES string of the molecule is C[C@@H]1COCCN1C(=O)NCc1ccnc(N(C)C)c1. The first-order chi connectivity index (χ1) is 9.58. The standard InChI is InChI=1S/C14H22N4O2/c1-11-10-20-7-6-18(11)14(19)16-9-12-4-5-15-13(8-12)17(2)3/h4-5,8,11H,6-7,9-10H2,1-3H3,(H,16,19)/t11-/m1/s1. The number of aromatic nitrogens is 1. The van der Waals surface area contributed by atoms with Gasteiger partial charge in [0.2, 0.25) is 0 Å². The number of nitrogens with zero attached hydrogens (tertiary/aromatic N) is 3. The fraction of sp³-hybridized carbons (Fsp3) is 0.571. The molecular weight excluding hydrogens is 256 g/mol. The van der Waals surface area contributed by atoms with Crippen molar-refractivity contribution in [3.63, 3.8) is 0 Å². The van der Waals surface area contributed by atoms with Crippen LogP contribution in [0.1, 0.15) is 12.5 Å². The van der Waals surface area contributed by atoms with E-state index < -0.39 is 0 Å². The molecule has 6 nitrogen and oxygen atoms in total. The zero-order chi connectivity index (χ0) is 14.5. The van der Waals surface area contributed by atoms with Crippen molar-refractivity contribution in [1.29, 1.82) is 0 Å². The molecule has 2 rings (SSSR count). The fourth-order valence-electron chi connectivity index (χ4n) is 2.12. The van der Waals surface area contributed by atoms with Crippen molar-refractivity contribution in [2.75, 3.05) is 38.8 Å². The summed E-state index contributed by atoms with van der Waals surface area (Å²) < 4.78 is 5.33. The number of pyridine rings is 1. The molecule has 0 aromatic carbocycles. The zero-order valence-corrected chi connectivity index (χ0v) is 12.3. The number of carbonyl (C=O) groups is 1. The molecular formula is C14H22N4O2. The number of hydrogen-bond donors (Lipinski definition) is 1. The summed E-state index contributed by atoms with van der Waals surface area (Å²) in [6.45, 7) is 4.36. The van der Waals surface area contributed by atoms with Crippen molar-refractivity contribution in [2.45, 2.75) is 19.5 Å². The van der Waals surface area contributed by atoms with Gasteiger partial charge in [0.25, 0.3) is 0 Å². The summed E-state index contributed by atoms with van der Waals surface area (Å²) in [6.07, 6.45) is 1.76. The van der Waals surface area contributed by atoms with Crippen LogP contribution in [0.2, 0.25) is 0 Å². The van der Waals surface area contributed by atoms with Gasteiger partial charge in [0.05, 0.1) is 19.3 Å².